The van der Waals surface area contributed by atoms with Gasteiger partial charge in [-0.2, -0.15) is 0 Å². The van der Waals surface area contributed by atoms with Crippen LogP contribution in [0.5, 0.6) is 11.5 Å². The number of ether oxygens (including phenoxy) is 3. The number of hydrogen-bond acceptors (Lipinski definition) is 10. The summed E-state index contributed by atoms with van der Waals surface area (Å²) in [5.74, 6) is -1.78. The summed E-state index contributed by atoms with van der Waals surface area (Å²) in [6, 6.07) is 16.3. The molecule has 7 rings (SSSR count). The average Bonchev–Trinajstić information content (AvgIpc) is 3.30. The number of allylic oxidation sites excluding steroid dienone is 2. The largest absolute Gasteiger partial charge is 0.507 e. The Morgan fingerprint density at radius 2 is 1.74 bits per heavy atom. The molecule has 1 aliphatic carbocycles. The number of fused-ring (bicyclic) bond motifs is 6. The number of rotatable bonds is 4. The van der Waals surface area contributed by atoms with Crippen molar-refractivity contribution in [1.82, 2.24) is 4.90 Å². The molecule has 220 valence electrons. The van der Waals surface area contributed by atoms with Gasteiger partial charge in [-0.25, -0.2) is 4.79 Å². The molecule has 6 atom stereocenters. The molecule has 10 nitrogen and oxygen atoms in total. The molecule has 0 spiro atoms. The lowest BCUT2D eigenvalue weighted by Gasteiger charge is -2.39. The Morgan fingerprint density at radius 3 is 2.49 bits per heavy atom. The molecule has 3 aromatic carbocycles. The molecular weight excluding hydrogens is 554 g/mol. The molecule has 0 saturated carbocycles. The second-order valence-corrected chi connectivity index (χ2v) is 11.4. The number of nitrogens with zero attached hydrogens (tertiary/aromatic N) is 1. The smallest absolute Gasteiger partial charge is 0.331 e. The van der Waals surface area contributed by atoms with Crippen LogP contribution in [-0.4, -0.2) is 68.4 Å². The van der Waals surface area contributed by atoms with Gasteiger partial charge in [0, 0.05) is 29.5 Å². The van der Waals surface area contributed by atoms with Gasteiger partial charge in [0.15, 0.2) is 5.78 Å². The Hall–Kier alpha value is -4.51. The molecule has 3 aliphatic heterocycles. The van der Waals surface area contributed by atoms with Crippen LogP contribution in [0.1, 0.15) is 62.5 Å². The van der Waals surface area contributed by atoms with Gasteiger partial charge >= 0.3 is 5.97 Å². The number of Topliss-reactive ketones (excluding diaryl/α,β-unsaturated/α-hetero) is 2. The Labute approximate surface area is 246 Å². The van der Waals surface area contributed by atoms with E-state index in [1.54, 1.807) is 30.9 Å². The number of hydrogen-bond donors (Lipinski definition) is 3. The van der Waals surface area contributed by atoms with Gasteiger partial charge in [-0.3, -0.25) is 9.59 Å². The van der Waals surface area contributed by atoms with Crippen LogP contribution in [0, 0.1) is 6.92 Å². The summed E-state index contributed by atoms with van der Waals surface area (Å²) >= 11 is 0. The van der Waals surface area contributed by atoms with E-state index in [1.807, 2.05) is 30.3 Å². The van der Waals surface area contributed by atoms with E-state index in [2.05, 4.69) is 0 Å². The summed E-state index contributed by atoms with van der Waals surface area (Å²) in [6.45, 7) is 3.38. The Kier molecular flexibility index (Phi) is 6.39. The van der Waals surface area contributed by atoms with E-state index in [0.29, 0.717) is 11.1 Å². The molecule has 3 heterocycles. The van der Waals surface area contributed by atoms with Gasteiger partial charge in [0.05, 0.1) is 23.3 Å². The van der Waals surface area contributed by atoms with Gasteiger partial charge in [-0.05, 0) is 43.2 Å². The molecule has 2 saturated heterocycles. The zero-order valence-electron chi connectivity index (χ0n) is 23.4. The summed E-state index contributed by atoms with van der Waals surface area (Å²) in [5, 5.41) is 31.5. The summed E-state index contributed by atoms with van der Waals surface area (Å²) in [7, 11) is 0. The first kappa shape index (κ1) is 27.3. The van der Waals surface area contributed by atoms with E-state index in [4.69, 9.17) is 14.2 Å². The standard InChI is InChI=1S/C33H29NO9/c1-15-11-19-25(21(35)12-15)27-28(34-20(33(40)43-32(19)34)13-17-7-4-3-5-8-17)31(39)26-18(30(27)38)9-6-10-23(26)42-24-14-22(36)29(37)16(2)41-24/h3-12,16,20,22,24,29,32,35-37H,13-14H2,1-2H3/t16-,20-,22+,24-,29-,32?/m0/s1. The molecule has 1 unspecified atom stereocenters. The van der Waals surface area contributed by atoms with Gasteiger partial charge in [0.1, 0.15) is 29.3 Å². The maximum atomic E-state index is 14.6. The lowest BCUT2D eigenvalue weighted by Crippen LogP contribution is -2.48. The molecule has 2 fully saturated rings. The normalized spacial score (nSPS) is 27.7. The minimum absolute atomic E-state index is 0.00385. The number of phenols is 1. The highest BCUT2D eigenvalue weighted by Gasteiger charge is 2.54. The molecule has 0 amide bonds. The minimum Gasteiger partial charge on any atom is -0.507 e. The number of aryl methyl sites for hydroxylation is 1. The van der Waals surface area contributed by atoms with Gasteiger partial charge in [0.2, 0.25) is 18.3 Å². The molecule has 0 bridgehead atoms. The molecule has 10 heteroatoms. The zero-order valence-corrected chi connectivity index (χ0v) is 23.4. The van der Waals surface area contributed by atoms with Crippen LogP contribution < -0.4 is 4.74 Å². The first-order valence-corrected chi connectivity index (χ1v) is 14.2. The topological polar surface area (TPSA) is 143 Å². The monoisotopic (exact) mass is 583 g/mol. The van der Waals surface area contributed by atoms with E-state index >= 15 is 0 Å². The number of carbonyl (C=O) groups is 3. The summed E-state index contributed by atoms with van der Waals surface area (Å²) < 4.78 is 17.6. The van der Waals surface area contributed by atoms with Crippen LogP contribution in [0.4, 0.5) is 0 Å². The molecular formula is C33H29NO9. The van der Waals surface area contributed by atoms with Gasteiger partial charge in [-0.1, -0.05) is 42.5 Å². The highest BCUT2D eigenvalue weighted by Crippen LogP contribution is 2.52. The number of esters is 1. The van der Waals surface area contributed by atoms with Gasteiger partial charge in [-0.15, -0.1) is 0 Å². The highest BCUT2D eigenvalue weighted by molar-refractivity contribution is 6.41. The van der Waals surface area contributed by atoms with Crippen molar-refractivity contribution in [2.45, 2.75) is 63.6 Å². The van der Waals surface area contributed by atoms with Crippen molar-refractivity contribution in [1.29, 1.82) is 0 Å². The van der Waals surface area contributed by atoms with E-state index in [0.717, 1.165) is 5.56 Å². The second-order valence-electron chi connectivity index (χ2n) is 11.4. The second kappa shape index (κ2) is 10.0. The fourth-order valence-corrected chi connectivity index (χ4v) is 6.54. The van der Waals surface area contributed by atoms with Crippen LogP contribution in [0.15, 0.2) is 66.4 Å². The van der Waals surface area contributed by atoms with Crippen LogP contribution in [0.25, 0.3) is 5.57 Å². The minimum atomic E-state index is -1.10. The van der Waals surface area contributed by atoms with E-state index in [-0.39, 0.29) is 52.3 Å². The lowest BCUT2D eigenvalue weighted by molar-refractivity contribution is -0.216. The van der Waals surface area contributed by atoms with E-state index in [9.17, 15) is 29.7 Å². The van der Waals surface area contributed by atoms with Crippen molar-refractivity contribution in [3.8, 4) is 11.5 Å². The first-order chi connectivity index (χ1) is 20.6. The Bertz CT molecular complexity index is 1700. The number of aromatic hydroxyl groups is 1. The molecule has 0 aromatic heterocycles. The van der Waals surface area contributed by atoms with Crippen LogP contribution in [0.3, 0.4) is 0 Å². The molecule has 43 heavy (non-hydrogen) atoms. The van der Waals surface area contributed by atoms with Crippen LogP contribution in [0.2, 0.25) is 0 Å². The van der Waals surface area contributed by atoms with Gasteiger partial charge in [0.25, 0.3) is 0 Å². The third kappa shape index (κ3) is 4.24. The number of phenolic OH excluding ortho intramolecular Hbond substituents is 1. The van der Waals surface area contributed by atoms with E-state index < -0.39 is 54.4 Å². The number of aliphatic hydroxyl groups is 2. The fraction of sp³-hybridized carbons (Fsp3) is 0.303. The number of benzene rings is 3. The Morgan fingerprint density at radius 1 is 0.977 bits per heavy atom. The Balaban J connectivity index is 1.37. The molecule has 4 aliphatic rings. The van der Waals surface area contributed by atoms with E-state index in [1.165, 1.54) is 18.2 Å². The molecule has 3 aromatic rings. The summed E-state index contributed by atoms with van der Waals surface area (Å²) in [5.41, 5.74) is 2.12. The predicted molar refractivity (Wildman–Crippen MR) is 151 cm³/mol. The zero-order chi connectivity index (χ0) is 30.2. The molecule has 0 radical (unpaired) electrons. The summed E-state index contributed by atoms with van der Waals surface area (Å²) in [4.78, 5) is 43.8. The van der Waals surface area contributed by atoms with Gasteiger partial charge < -0.3 is 34.4 Å². The SMILES string of the molecule is Cc1cc(O)c2c(c1)C1OC(=O)[C@H](Cc3ccccc3)N1C1=C2C(=O)c2cccc(O[C@H]3C[C@@H](O)[C@@H](O)[C@H](C)O3)c2C1=O. The quantitative estimate of drug-likeness (QED) is 0.392. The van der Waals surface area contributed by atoms with Crippen LogP contribution in [-0.2, 0) is 20.7 Å². The number of ketones is 2. The maximum absolute atomic E-state index is 14.6. The summed E-state index contributed by atoms with van der Waals surface area (Å²) in [6.07, 6.45) is -4.78. The lowest BCUT2D eigenvalue weighted by atomic mass is 9.78. The average molecular weight is 584 g/mol. The van der Waals surface area contributed by atoms with Crippen molar-refractivity contribution in [2.75, 3.05) is 0 Å². The third-order valence-electron chi connectivity index (χ3n) is 8.54. The van der Waals surface area contributed by atoms with Crippen molar-refractivity contribution in [3.63, 3.8) is 0 Å². The van der Waals surface area contributed by atoms with Crippen molar-refractivity contribution < 1.29 is 43.9 Å². The van der Waals surface area contributed by atoms with Crippen molar-refractivity contribution >= 4 is 23.1 Å². The first-order valence-electron chi connectivity index (χ1n) is 14.2. The van der Waals surface area contributed by atoms with Crippen molar-refractivity contribution in [3.05, 3.63) is 99.7 Å². The number of aliphatic hydroxyl groups excluding tert-OH is 2. The van der Waals surface area contributed by atoms with Crippen molar-refractivity contribution in [2.24, 2.45) is 0 Å². The number of carbonyl (C=O) groups excluding carboxylic acids is 3. The predicted octanol–water partition coefficient (Wildman–Crippen LogP) is 3.21. The maximum Gasteiger partial charge on any atom is 0.331 e. The fourth-order valence-electron chi connectivity index (χ4n) is 6.54. The highest BCUT2D eigenvalue weighted by atomic mass is 16.7. The van der Waals surface area contributed by atoms with Crippen LogP contribution >= 0.6 is 0 Å². The third-order valence-corrected chi connectivity index (χ3v) is 8.54. The molecule has 3 N–H and O–H groups in total.